The molecule has 0 aromatic carbocycles. The van der Waals surface area contributed by atoms with Gasteiger partial charge in [-0.2, -0.15) is 0 Å². The molecule has 2 N–H and O–H groups in total. The van der Waals surface area contributed by atoms with Crippen LogP contribution in [0.3, 0.4) is 0 Å². The summed E-state index contributed by atoms with van der Waals surface area (Å²) in [5.74, 6) is -0.0289. The lowest BCUT2D eigenvalue weighted by Gasteiger charge is -2.43. The predicted molar refractivity (Wildman–Crippen MR) is 52.5 cm³/mol. The van der Waals surface area contributed by atoms with Crippen LogP contribution in [-0.2, 0) is 4.79 Å². The molecule has 1 rings (SSSR count). The summed E-state index contributed by atoms with van der Waals surface area (Å²) in [7, 11) is 0. The molecule has 2 amide bonds. The number of carbonyl (C=O) groups excluding carboxylic acids is 1. The Labute approximate surface area is 88.1 Å². The third-order valence-corrected chi connectivity index (χ3v) is 2.55. The minimum atomic E-state index is -0.989. The van der Waals surface area contributed by atoms with Crippen LogP contribution in [0.1, 0.15) is 13.3 Å². The van der Waals surface area contributed by atoms with Gasteiger partial charge in [-0.3, -0.25) is 4.79 Å². The highest BCUT2D eigenvalue weighted by molar-refractivity contribution is 5.75. The standard InChI is InChI=1S/C9H16N2O4/c1-7(13)10-5-8(6-10)11(9(14)15)3-2-4-12/h8,12H,2-6H2,1H3,(H,14,15). The monoisotopic (exact) mass is 216 g/mol. The second-order valence-corrected chi connectivity index (χ2v) is 3.63. The van der Waals surface area contributed by atoms with Gasteiger partial charge in [-0.05, 0) is 6.42 Å². The van der Waals surface area contributed by atoms with Crippen LogP contribution >= 0.6 is 0 Å². The summed E-state index contributed by atoms with van der Waals surface area (Å²) in [5, 5.41) is 17.5. The average Bonchev–Trinajstić information content (AvgIpc) is 2.06. The van der Waals surface area contributed by atoms with Crippen LogP contribution in [0.2, 0.25) is 0 Å². The van der Waals surface area contributed by atoms with E-state index in [4.69, 9.17) is 10.2 Å². The zero-order valence-corrected chi connectivity index (χ0v) is 8.72. The summed E-state index contributed by atoms with van der Waals surface area (Å²) < 4.78 is 0. The van der Waals surface area contributed by atoms with Gasteiger partial charge in [-0.25, -0.2) is 4.79 Å². The molecule has 0 atom stereocenters. The molecule has 6 heteroatoms. The Kier molecular flexibility index (Phi) is 3.90. The van der Waals surface area contributed by atoms with Crippen LogP contribution < -0.4 is 0 Å². The first kappa shape index (κ1) is 11.8. The van der Waals surface area contributed by atoms with Crippen molar-refractivity contribution in [2.24, 2.45) is 0 Å². The normalized spacial score (nSPS) is 16.0. The van der Waals surface area contributed by atoms with Gasteiger partial charge in [0.05, 0.1) is 6.04 Å². The Bertz CT molecular complexity index is 250. The summed E-state index contributed by atoms with van der Waals surface area (Å²) in [6.07, 6.45) is -0.556. The number of amides is 2. The molecular weight excluding hydrogens is 200 g/mol. The summed E-state index contributed by atoms with van der Waals surface area (Å²) in [5.41, 5.74) is 0. The fraction of sp³-hybridized carbons (Fsp3) is 0.778. The van der Waals surface area contributed by atoms with E-state index in [0.29, 0.717) is 26.1 Å². The molecule has 1 aliphatic rings. The Morgan fingerprint density at radius 2 is 2.07 bits per heavy atom. The third-order valence-electron chi connectivity index (χ3n) is 2.55. The zero-order valence-electron chi connectivity index (χ0n) is 8.72. The summed E-state index contributed by atoms with van der Waals surface area (Å²) in [6, 6.07) is -0.113. The molecule has 1 saturated heterocycles. The van der Waals surface area contributed by atoms with Crippen molar-refractivity contribution in [3.05, 3.63) is 0 Å². The minimum absolute atomic E-state index is 0.0209. The number of aliphatic hydroxyl groups is 1. The molecule has 0 aliphatic carbocycles. The van der Waals surface area contributed by atoms with Crippen molar-refractivity contribution >= 4 is 12.0 Å². The smallest absolute Gasteiger partial charge is 0.407 e. The molecule has 0 unspecified atom stereocenters. The highest BCUT2D eigenvalue weighted by atomic mass is 16.4. The van der Waals surface area contributed by atoms with Crippen molar-refractivity contribution < 1.29 is 19.8 Å². The van der Waals surface area contributed by atoms with E-state index in [-0.39, 0.29) is 18.6 Å². The van der Waals surface area contributed by atoms with Crippen molar-refractivity contribution in [2.75, 3.05) is 26.2 Å². The molecule has 0 aromatic rings. The number of carbonyl (C=O) groups is 2. The molecule has 0 bridgehead atoms. The lowest BCUT2D eigenvalue weighted by Crippen LogP contribution is -2.61. The van der Waals surface area contributed by atoms with Gasteiger partial charge in [0.25, 0.3) is 0 Å². The number of aliphatic hydroxyl groups excluding tert-OH is 1. The van der Waals surface area contributed by atoms with Crippen LogP contribution in [0.15, 0.2) is 0 Å². The van der Waals surface area contributed by atoms with Gasteiger partial charge in [0.2, 0.25) is 5.91 Å². The van der Waals surface area contributed by atoms with E-state index in [0.717, 1.165) is 0 Å². The van der Waals surface area contributed by atoms with E-state index in [1.54, 1.807) is 4.90 Å². The minimum Gasteiger partial charge on any atom is -0.465 e. The molecule has 0 aromatic heterocycles. The maximum atomic E-state index is 10.9. The third kappa shape index (κ3) is 2.82. The fourth-order valence-corrected chi connectivity index (χ4v) is 1.59. The van der Waals surface area contributed by atoms with Crippen LogP contribution in [0.4, 0.5) is 4.79 Å². The van der Waals surface area contributed by atoms with Gasteiger partial charge in [0.1, 0.15) is 0 Å². The van der Waals surface area contributed by atoms with Crippen molar-refractivity contribution in [2.45, 2.75) is 19.4 Å². The lowest BCUT2D eigenvalue weighted by molar-refractivity contribution is -0.135. The van der Waals surface area contributed by atoms with Gasteiger partial charge in [-0.1, -0.05) is 0 Å². The van der Waals surface area contributed by atoms with E-state index in [1.807, 2.05) is 0 Å². The van der Waals surface area contributed by atoms with E-state index in [2.05, 4.69) is 0 Å². The summed E-state index contributed by atoms with van der Waals surface area (Å²) >= 11 is 0. The quantitative estimate of drug-likeness (QED) is 0.668. The zero-order chi connectivity index (χ0) is 11.4. The number of carboxylic acid groups (broad SMARTS) is 1. The van der Waals surface area contributed by atoms with E-state index >= 15 is 0 Å². The SMILES string of the molecule is CC(=O)N1CC(N(CCCO)C(=O)O)C1. The maximum Gasteiger partial charge on any atom is 0.407 e. The van der Waals surface area contributed by atoms with Crippen LogP contribution in [-0.4, -0.2) is 64.3 Å². The van der Waals surface area contributed by atoms with E-state index < -0.39 is 6.09 Å². The molecule has 0 radical (unpaired) electrons. The molecule has 1 aliphatic heterocycles. The molecule has 1 heterocycles. The first-order valence-corrected chi connectivity index (χ1v) is 4.92. The Hall–Kier alpha value is -1.30. The van der Waals surface area contributed by atoms with Crippen molar-refractivity contribution in [3.63, 3.8) is 0 Å². The summed E-state index contributed by atoms with van der Waals surface area (Å²) in [4.78, 5) is 24.6. The maximum absolute atomic E-state index is 10.9. The van der Waals surface area contributed by atoms with E-state index in [1.165, 1.54) is 11.8 Å². The molecule has 6 nitrogen and oxygen atoms in total. The molecular formula is C9H16N2O4. The molecule has 1 fully saturated rings. The second kappa shape index (κ2) is 4.97. The first-order valence-electron chi connectivity index (χ1n) is 4.92. The van der Waals surface area contributed by atoms with Crippen LogP contribution in [0.5, 0.6) is 0 Å². The van der Waals surface area contributed by atoms with Crippen molar-refractivity contribution in [1.29, 1.82) is 0 Å². The Balaban J connectivity index is 2.39. The predicted octanol–water partition coefficient (Wildman–Crippen LogP) is -0.420. The number of hydrogen-bond acceptors (Lipinski definition) is 3. The van der Waals surface area contributed by atoms with E-state index in [9.17, 15) is 9.59 Å². The highest BCUT2D eigenvalue weighted by Crippen LogP contribution is 2.15. The number of hydrogen-bond donors (Lipinski definition) is 2. The average molecular weight is 216 g/mol. The van der Waals surface area contributed by atoms with Gasteiger partial charge < -0.3 is 20.0 Å². The fourth-order valence-electron chi connectivity index (χ4n) is 1.59. The largest absolute Gasteiger partial charge is 0.465 e. The number of nitrogens with zero attached hydrogens (tertiary/aromatic N) is 2. The molecule has 0 spiro atoms. The van der Waals surface area contributed by atoms with Crippen molar-refractivity contribution in [1.82, 2.24) is 9.80 Å². The molecule has 0 saturated carbocycles. The molecule has 86 valence electrons. The highest BCUT2D eigenvalue weighted by Gasteiger charge is 2.35. The van der Waals surface area contributed by atoms with Gasteiger partial charge >= 0.3 is 6.09 Å². The molecule has 15 heavy (non-hydrogen) atoms. The Morgan fingerprint density at radius 3 is 2.47 bits per heavy atom. The first-order chi connectivity index (χ1) is 7.06. The number of rotatable bonds is 4. The lowest BCUT2D eigenvalue weighted by atomic mass is 10.1. The van der Waals surface area contributed by atoms with Crippen LogP contribution in [0.25, 0.3) is 0 Å². The van der Waals surface area contributed by atoms with Gasteiger partial charge in [0, 0.05) is 33.2 Å². The van der Waals surface area contributed by atoms with Gasteiger partial charge in [0.15, 0.2) is 0 Å². The topological polar surface area (TPSA) is 81.1 Å². The Morgan fingerprint density at radius 1 is 1.47 bits per heavy atom. The summed E-state index contributed by atoms with van der Waals surface area (Å²) in [6.45, 7) is 2.70. The number of likely N-dealkylation sites (tertiary alicyclic amines) is 1. The second-order valence-electron chi connectivity index (χ2n) is 3.63. The van der Waals surface area contributed by atoms with Gasteiger partial charge in [-0.15, -0.1) is 0 Å². The van der Waals surface area contributed by atoms with Crippen LogP contribution in [0, 0.1) is 0 Å². The van der Waals surface area contributed by atoms with Crippen molar-refractivity contribution in [3.8, 4) is 0 Å².